The first-order valence-electron chi connectivity index (χ1n) is 6.83. The summed E-state index contributed by atoms with van der Waals surface area (Å²) in [4.78, 5) is 0. The van der Waals surface area contributed by atoms with E-state index < -0.39 is 0 Å². The van der Waals surface area contributed by atoms with Crippen molar-refractivity contribution in [3.63, 3.8) is 0 Å². The van der Waals surface area contributed by atoms with Gasteiger partial charge in [-0.15, -0.1) is 0 Å². The van der Waals surface area contributed by atoms with E-state index in [9.17, 15) is 0 Å². The van der Waals surface area contributed by atoms with Crippen LogP contribution >= 0.6 is 0 Å². The molecule has 1 aromatic rings. The third kappa shape index (κ3) is 4.49. The maximum absolute atomic E-state index is 5.88. The summed E-state index contributed by atoms with van der Waals surface area (Å²) in [5.41, 5.74) is 2.62. The minimum absolute atomic E-state index is 0.246. The molecule has 0 bridgehead atoms. The maximum Gasteiger partial charge on any atom is 0.123 e. The number of hydrogen-bond acceptors (Lipinski definition) is 4. The van der Waals surface area contributed by atoms with E-state index in [1.165, 1.54) is 11.1 Å². The topological polar surface area (TPSA) is 39.7 Å². The van der Waals surface area contributed by atoms with Crippen LogP contribution in [0.1, 0.15) is 11.1 Å². The van der Waals surface area contributed by atoms with Crippen molar-refractivity contribution in [3.05, 3.63) is 29.3 Å². The normalized spacial score (nSPS) is 17.3. The van der Waals surface area contributed by atoms with Crippen molar-refractivity contribution in [1.82, 2.24) is 5.32 Å². The van der Waals surface area contributed by atoms with Crippen LogP contribution in [0.2, 0.25) is 0 Å². The van der Waals surface area contributed by atoms with Gasteiger partial charge in [-0.25, -0.2) is 0 Å². The zero-order chi connectivity index (χ0) is 13.5. The Morgan fingerprint density at radius 1 is 1.32 bits per heavy atom. The second kappa shape index (κ2) is 7.48. The Morgan fingerprint density at radius 3 is 3.05 bits per heavy atom. The van der Waals surface area contributed by atoms with Crippen molar-refractivity contribution in [3.8, 4) is 5.75 Å². The molecule has 4 heteroatoms. The number of aryl methyl sites for hydroxylation is 1. The van der Waals surface area contributed by atoms with Crippen LogP contribution in [0.15, 0.2) is 18.2 Å². The fourth-order valence-electron chi connectivity index (χ4n) is 2.21. The van der Waals surface area contributed by atoms with E-state index in [-0.39, 0.29) is 6.10 Å². The molecule has 106 valence electrons. The summed E-state index contributed by atoms with van der Waals surface area (Å²) >= 11 is 0. The summed E-state index contributed by atoms with van der Waals surface area (Å²) in [6.07, 6.45) is 1.24. The molecule has 0 spiro atoms. The molecule has 1 aliphatic rings. The van der Waals surface area contributed by atoms with Crippen molar-refractivity contribution in [2.75, 3.05) is 40.0 Å². The Balaban J connectivity index is 1.59. The minimum atomic E-state index is 0.246. The molecular weight excluding hydrogens is 242 g/mol. The molecule has 1 atom stereocenters. The van der Waals surface area contributed by atoms with Crippen molar-refractivity contribution in [2.24, 2.45) is 0 Å². The first-order valence-corrected chi connectivity index (χ1v) is 6.83. The van der Waals surface area contributed by atoms with Crippen LogP contribution in [0, 0.1) is 6.92 Å². The van der Waals surface area contributed by atoms with Gasteiger partial charge in [0.15, 0.2) is 0 Å². The van der Waals surface area contributed by atoms with E-state index in [1.54, 1.807) is 7.11 Å². The molecule has 19 heavy (non-hydrogen) atoms. The highest BCUT2D eigenvalue weighted by Crippen LogP contribution is 2.29. The van der Waals surface area contributed by atoms with Crippen molar-refractivity contribution < 1.29 is 14.2 Å². The molecule has 0 aliphatic carbocycles. The Morgan fingerprint density at radius 2 is 2.21 bits per heavy atom. The van der Waals surface area contributed by atoms with Gasteiger partial charge in [0.05, 0.1) is 19.8 Å². The molecule has 1 unspecified atom stereocenters. The predicted octanol–water partition coefficient (Wildman–Crippen LogP) is 1.55. The lowest BCUT2D eigenvalue weighted by Crippen LogP contribution is -2.32. The summed E-state index contributed by atoms with van der Waals surface area (Å²) in [5.74, 6) is 1.04. The molecule has 1 aliphatic heterocycles. The summed E-state index contributed by atoms with van der Waals surface area (Å²) < 4.78 is 16.2. The molecule has 0 saturated heterocycles. The lowest BCUT2D eigenvalue weighted by atomic mass is 10.1. The molecule has 1 aromatic carbocycles. The third-order valence-corrected chi connectivity index (χ3v) is 3.18. The molecule has 0 radical (unpaired) electrons. The van der Waals surface area contributed by atoms with Gasteiger partial charge in [-0.2, -0.15) is 0 Å². The highest BCUT2D eigenvalue weighted by atomic mass is 16.5. The molecule has 4 nitrogen and oxygen atoms in total. The number of fused-ring (bicyclic) bond motifs is 1. The van der Waals surface area contributed by atoms with Gasteiger partial charge in [-0.05, 0) is 18.6 Å². The van der Waals surface area contributed by atoms with Gasteiger partial charge in [0.2, 0.25) is 0 Å². The molecule has 0 fully saturated rings. The minimum Gasteiger partial charge on any atom is -0.488 e. The average molecular weight is 265 g/mol. The molecule has 0 amide bonds. The zero-order valence-electron chi connectivity index (χ0n) is 11.8. The molecule has 1 N–H and O–H groups in total. The number of hydrogen-bond donors (Lipinski definition) is 1. The highest BCUT2D eigenvalue weighted by molar-refractivity contribution is 5.40. The highest BCUT2D eigenvalue weighted by Gasteiger charge is 2.21. The first-order chi connectivity index (χ1) is 9.29. The Labute approximate surface area is 115 Å². The van der Waals surface area contributed by atoms with Gasteiger partial charge >= 0.3 is 0 Å². The number of nitrogens with one attached hydrogen (secondary N) is 1. The monoisotopic (exact) mass is 265 g/mol. The van der Waals surface area contributed by atoms with Gasteiger partial charge in [0.25, 0.3) is 0 Å². The predicted molar refractivity (Wildman–Crippen MR) is 74.9 cm³/mol. The summed E-state index contributed by atoms with van der Waals surface area (Å²) in [5, 5.41) is 3.36. The fraction of sp³-hybridized carbons (Fsp3) is 0.600. The number of methoxy groups -OCH3 is 1. The Bertz CT molecular complexity index is 395. The Hall–Kier alpha value is -1.10. The van der Waals surface area contributed by atoms with Crippen LogP contribution < -0.4 is 10.1 Å². The van der Waals surface area contributed by atoms with Crippen LogP contribution in [-0.2, 0) is 15.9 Å². The second-order valence-corrected chi connectivity index (χ2v) is 4.86. The molecule has 0 saturated carbocycles. The van der Waals surface area contributed by atoms with Crippen LogP contribution in [0.4, 0.5) is 0 Å². The van der Waals surface area contributed by atoms with Crippen molar-refractivity contribution in [1.29, 1.82) is 0 Å². The largest absolute Gasteiger partial charge is 0.488 e. The molecule has 1 heterocycles. The molecule has 0 aromatic heterocycles. The number of benzene rings is 1. The van der Waals surface area contributed by atoms with Gasteiger partial charge in [-0.1, -0.05) is 17.7 Å². The maximum atomic E-state index is 5.88. The molecule has 2 rings (SSSR count). The van der Waals surface area contributed by atoms with E-state index in [4.69, 9.17) is 14.2 Å². The van der Waals surface area contributed by atoms with E-state index in [1.807, 2.05) is 0 Å². The van der Waals surface area contributed by atoms with Gasteiger partial charge < -0.3 is 19.5 Å². The quantitative estimate of drug-likeness (QED) is 0.724. The fourth-order valence-corrected chi connectivity index (χ4v) is 2.21. The summed E-state index contributed by atoms with van der Waals surface area (Å²) in [6, 6.07) is 6.38. The standard InChI is InChI=1S/C15H23NO3/c1-12-3-4-15-13(9-12)10-14(19-15)11-16-5-6-18-8-7-17-2/h3-4,9,14,16H,5-8,10-11H2,1-2H3. The van der Waals surface area contributed by atoms with Crippen LogP contribution in [0.25, 0.3) is 0 Å². The number of rotatable bonds is 8. The van der Waals surface area contributed by atoms with E-state index in [2.05, 4.69) is 30.4 Å². The Kier molecular flexibility index (Phi) is 5.63. The SMILES string of the molecule is COCCOCCNCC1Cc2cc(C)ccc2O1. The van der Waals surface area contributed by atoms with Gasteiger partial charge in [0, 0.05) is 26.6 Å². The van der Waals surface area contributed by atoms with E-state index in [0.717, 1.165) is 25.3 Å². The average Bonchev–Trinajstić information content (AvgIpc) is 2.79. The van der Waals surface area contributed by atoms with Gasteiger partial charge in [0.1, 0.15) is 11.9 Å². The van der Waals surface area contributed by atoms with Crippen molar-refractivity contribution in [2.45, 2.75) is 19.4 Å². The van der Waals surface area contributed by atoms with Crippen LogP contribution in [-0.4, -0.2) is 46.1 Å². The van der Waals surface area contributed by atoms with E-state index >= 15 is 0 Å². The first kappa shape index (κ1) is 14.3. The van der Waals surface area contributed by atoms with E-state index in [0.29, 0.717) is 19.8 Å². The lowest BCUT2D eigenvalue weighted by Gasteiger charge is -2.11. The zero-order valence-corrected chi connectivity index (χ0v) is 11.8. The van der Waals surface area contributed by atoms with Crippen LogP contribution in [0.3, 0.4) is 0 Å². The third-order valence-electron chi connectivity index (χ3n) is 3.18. The summed E-state index contributed by atoms with van der Waals surface area (Å²) in [6.45, 7) is 5.84. The lowest BCUT2D eigenvalue weighted by molar-refractivity contribution is 0.0711. The second-order valence-electron chi connectivity index (χ2n) is 4.86. The number of ether oxygens (including phenoxy) is 3. The smallest absolute Gasteiger partial charge is 0.123 e. The molecular formula is C15H23NO3. The van der Waals surface area contributed by atoms with Gasteiger partial charge in [-0.3, -0.25) is 0 Å². The van der Waals surface area contributed by atoms with Crippen LogP contribution in [0.5, 0.6) is 5.75 Å². The summed E-state index contributed by atoms with van der Waals surface area (Å²) in [7, 11) is 1.68. The van der Waals surface area contributed by atoms with Crippen molar-refractivity contribution >= 4 is 0 Å².